The maximum Gasteiger partial charge on any atom is 0.335 e. The lowest BCUT2D eigenvalue weighted by Gasteiger charge is -2.37. The third kappa shape index (κ3) is 4.03. The van der Waals surface area contributed by atoms with Gasteiger partial charge in [0.2, 0.25) is 5.91 Å². The van der Waals surface area contributed by atoms with Gasteiger partial charge in [0.05, 0.1) is 11.6 Å². The summed E-state index contributed by atoms with van der Waals surface area (Å²) in [5, 5.41) is 9.00. The fourth-order valence-corrected chi connectivity index (χ4v) is 2.55. The molecule has 0 spiro atoms. The van der Waals surface area contributed by atoms with Gasteiger partial charge in [0, 0.05) is 32.7 Å². The first-order valence-corrected chi connectivity index (χ1v) is 7.05. The summed E-state index contributed by atoms with van der Waals surface area (Å²) >= 11 is 0. The van der Waals surface area contributed by atoms with Gasteiger partial charge in [-0.2, -0.15) is 0 Å². The summed E-state index contributed by atoms with van der Waals surface area (Å²) in [4.78, 5) is 26.5. The van der Waals surface area contributed by atoms with Crippen molar-refractivity contribution >= 4 is 11.9 Å². The number of amides is 1. The summed E-state index contributed by atoms with van der Waals surface area (Å²) < 4.78 is 0. The molecule has 114 valence electrons. The number of carboxylic acids is 1. The summed E-state index contributed by atoms with van der Waals surface area (Å²) in [6, 6.07) is 6.77. The number of carbonyl (C=O) groups is 2. The van der Waals surface area contributed by atoms with E-state index in [4.69, 9.17) is 10.8 Å². The first-order valence-electron chi connectivity index (χ1n) is 7.05. The Balaban J connectivity index is 1.90. The van der Waals surface area contributed by atoms with Crippen LogP contribution in [-0.2, 0) is 11.3 Å². The Bertz CT molecular complexity index is 525. The highest BCUT2D eigenvalue weighted by Gasteiger charge is 2.23. The van der Waals surface area contributed by atoms with Crippen LogP contribution in [0.1, 0.15) is 22.8 Å². The molecule has 1 aliphatic heterocycles. The number of carboxylic acid groups (broad SMARTS) is 1. The lowest BCUT2D eigenvalue weighted by Crippen LogP contribution is -2.52. The molecular weight excluding hydrogens is 270 g/mol. The molecule has 6 nitrogen and oxygen atoms in total. The molecular formula is C15H21N3O3. The van der Waals surface area contributed by atoms with Crippen LogP contribution in [0.25, 0.3) is 0 Å². The van der Waals surface area contributed by atoms with Gasteiger partial charge in [-0.25, -0.2) is 4.79 Å². The van der Waals surface area contributed by atoms with Crippen molar-refractivity contribution < 1.29 is 14.7 Å². The van der Waals surface area contributed by atoms with Crippen LogP contribution < -0.4 is 5.73 Å². The van der Waals surface area contributed by atoms with Crippen molar-refractivity contribution in [2.75, 3.05) is 26.2 Å². The number of benzene rings is 1. The summed E-state index contributed by atoms with van der Waals surface area (Å²) in [5.74, 6) is -1.20. The van der Waals surface area contributed by atoms with Gasteiger partial charge in [-0.15, -0.1) is 0 Å². The number of piperazine rings is 1. The fourth-order valence-electron chi connectivity index (χ4n) is 2.55. The highest BCUT2D eigenvalue weighted by Crippen LogP contribution is 2.12. The molecule has 1 aromatic carbocycles. The first kappa shape index (κ1) is 15.5. The third-order valence-corrected chi connectivity index (χ3v) is 3.95. The van der Waals surface area contributed by atoms with E-state index >= 15 is 0 Å². The molecule has 0 saturated carbocycles. The predicted octanol–water partition coefficient (Wildman–Crippen LogP) is 0.376. The van der Waals surface area contributed by atoms with Gasteiger partial charge >= 0.3 is 5.97 Å². The summed E-state index contributed by atoms with van der Waals surface area (Å²) in [7, 11) is 0. The number of hydrogen-bond donors (Lipinski definition) is 2. The lowest BCUT2D eigenvalue weighted by atomic mass is 10.1. The molecule has 1 heterocycles. The molecule has 1 saturated heterocycles. The summed E-state index contributed by atoms with van der Waals surface area (Å²) in [6.07, 6.45) is 0. The van der Waals surface area contributed by atoms with Crippen LogP contribution in [0.5, 0.6) is 0 Å². The Kier molecular flexibility index (Phi) is 4.93. The summed E-state index contributed by atoms with van der Waals surface area (Å²) in [6.45, 7) is 5.82. The average Bonchev–Trinajstić information content (AvgIpc) is 2.47. The number of hydrogen-bond acceptors (Lipinski definition) is 4. The van der Waals surface area contributed by atoms with Crippen LogP contribution >= 0.6 is 0 Å². The smallest absolute Gasteiger partial charge is 0.335 e. The third-order valence-electron chi connectivity index (χ3n) is 3.95. The van der Waals surface area contributed by atoms with Crippen molar-refractivity contribution in [3.63, 3.8) is 0 Å². The summed E-state index contributed by atoms with van der Waals surface area (Å²) in [5.41, 5.74) is 6.63. The second-order valence-corrected chi connectivity index (χ2v) is 5.40. The molecule has 0 aliphatic carbocycles. The van der Waals surface area contributed by atoms with Crippen LogP contribution in [0, 0.1) is 0 Å². The van der Waals surface area contributed by atoms with Crippen molar-refractivity contribution in [3.8, 4) is 0 Å². The minimum Gasteiger partial charge on any atom is -0.478 e. The molecule has 21 heavy (non-hydrogen) atoms. The Hall–Kier alpha value is -1.92. The molecule has 0 aromatic heterocycles. The molecule has 6 heteroatoms. The number of nitrogens with two attached hydrogens (primary N) is 1. The minimum absolute atomic E-state index is 0.234. The van der Waals surface area contributed by atoms with E-state index in [0.29, 0.717) is 5.56 Å². The van der Waals surface area contributed by atoms with E-state index in [1.807, 2.05) is 13.0 Å². The van der Waals surface area contributed by atoms with Crippen molar-refractivity contribution in [1.82, 2.24) is 9.80 Å². The standard InChI is InChI=1S/C15H21N3O3/c1-11(14(16)19)18-7-5-17(6-8-18)10-12-3-2-4-13(9-12)15(20)21/h2-4,9,11H,5-8,10H2,1H3,(H2,16,19)(H,20,21). The number of nitrogens with zero attached hydrogens (tertiary/aromatic N) is 2. The first-order chi connectivity index (χ1) is 9.97. The molecule has 0 radical (unpaired) electrons. The van der Waals surface area contributed by atoms with E-state index < -0.39 is 5.97 Å². The van der Waals surface area contributed by atoms with Crippen molar-refractivity contribution in [2.45, 2.75) is 19.5 Å². The van der Waals surface area contributed by atoms with Crippen molar-refractivity contribution in [2.24, 2.45) is 5.73 Å². The van der Waals surface area contributed by atoms with Gasteiger partial charge in [-0.3, -0.25) is 14.6 Å². The van der Waals surface area contributed by atoms with Crippen LogP contribution in [-0.4, -0.2) is 59.0 Å². The van der Waals surface area contributed by atoms with Crippen LogP contribution in [0.15, 0.2) is 24.3 Å². The number of rotatable bonds is 5. The van der Waals surface area contributed by atoms with Crippen LogP contribution in [0.2, 0.25) is 0 Å². The van der Waals surface area contributed by atoms with Gasteiger partial charge in [0.15, 0.2) is 0 Å². The molecule has 1 unspecified atom stereocenters. The maximum atomic E-state index is 11.2. The Labute approximate surface area is 124 Å². The number of primary amides is 1. The van der Waals surface area contributed by atoms with Gasteiger partial charge < -0.3 is 10.8 Å². The van der Waals surface area contributed by atoms with Gasteiger partial charge in [-0.05, 0) is 24.6 Å². The zero-order valence-corrected chi connectivity index (χ0v) is 12.2. The minimum atomic E-state index is -0.906. The van der Waals surface area contributed by atoms with Gasteiger partial charge in [0.25, 0.3) is 0 Å². The molecule has 1 fully saturated rings. The monoisotopic (exact) mass is 291 g/mol. The molecule has 0 bridgehead atoms. The molecule has 1 aromatic rings. The van der Waals surface area contributed by atoms with Crippen molar-refractivity contribution in [3.05, 3.63) is 35.4 Å². The number of carbonyl (C=O) groups excluding carboxylic acids is 1. The van der Waals surface area contributed by atoms with E-state index in [2.05, 4.69) is 9.80 Å². The molecule has 1 atom stereocenters. The Morgan fingerprint density at radius 3 is 2.52 bits per heavy atom. The van der Waals surface area contributed by atoms with Crippen LogP contribution in [0.4, 0.5) is 0 Å². The van der Waals surface area contributed by atoms with E-state index in [1.54, 1.807) is 18.2 Å². The number of aromatic carboxylic acids is 1. The Morgan fingerprint density at radius 1 is 1.29 bits per heavy atom. The van der Waals surface area contributed by atoms with E-state index in [-0.39, 0.29) is 11.9 Å². The highest BCUT2D eigenvalue weighted by molar-refractivity contribution is 5.87. The average molecular weight is 291 g/mol. The lowest BCUT2D eigenvalue weighted by molar-refractivity contribution is -0.123. The molecule has 1 amide bonds. The zero-order chi connectivity index (χ0) is 15.4. The molecule has 3 N–H and O–H groups in total. The SMILES string of the molecule is CC(C(N)=O)N1CCN(Cc2cccc(C(=O)O)c2)CC1. The Morgan fingerprint density at radius 2 is 1.95 bits per heavy atom. The zero-order valence-electron chi connectivity index (χ0n) is 12.2. The van der Waals surface area contributed by atoms with E-state index in [1.165, 1.54) is 0 Å². The second-order valence-electron chi connectivity index (χ2n) is 5.40. The molecule has 2 rings (SSSR count). The predicted molar refractivity (Wildman–Crippen MR) is 78.9 cm³/mol. The fraction of sp³-hybridized carbons (Fsp3) is 0.467. The maximum absolute atomic E-state index is 11.2. The quantitative estimate of drug-likeness (QED) is 0.819. The second kappa shape index (κ2) is 6.69. The molecule has 1 aliphatic rings. The highest BCUT2D eigenvalue weighted by atomic mass is 16.4. The normalized spacial score (nSPS) is 18.3. The van der Waals surface area contributed by atoms with Gasteiger partial charge in [0.1, 0.15) is 0 Å². The topological polar surface area (TPSA) is 86.9 Å². The van der Waals surface area contributed by atoms with E-state index in [0.717, 1.165) is 38.3 Å². The van der Waals surface area contributed by atoms with E-state index in [9.17, 15) is 9.59 Å². The van der Waals surface area contributed by atoms with Gasteiger partial charge in [-0.1, -0.05) is 12.1 Å². The van der Waals surface area contributed by atoms with Crippen LogP contribution in [0.3, 0.4) is 0 Å². The largest absolute Gasteiger partial charge is 0.478 e. The van der Waals surface area contributed by atoms with Crippen molar-refractivity contribution in [1.29, 1.82) is 0 Å².